The van der Waals surface area contributed by atoms with Crippen molar-refractivity contribution < 1.29 is 23.7 Å². The lowest BCUT2D eigenvalue weighted by molar-refractivity contribution is 0.150. The molecule has 1 amide bonds. The van der Waals surface area contributed by atoms with Gasteiger partial charge in [-0.15, -0.1) is 0 Å². The van der Waals surface area contributed by atoms with Gasteiger partial charge in [0.1, 0.15) is 5.75 Å². The predicted molar refractivity (Wildman–Crippen MR) is 137 cm³/mol. The van der Waals surface area contributed by atoms with E-state index in [9.17, 15) is 4.79 Å². The molecular weight excluding hydrogens is 446 g/mol. The zero-order chi connectivity index (χ0) is 24.9. The van der Waals surface area contributed by atoms with Gasteiger partial charge in [-0.3, -0.25) is 0 Å². The molecule has 3 aromatic carbocycles. The Morgan fingerprint density at radius 3 is 2.23 bits per heavy atom. The van der Waals surface area contributed by atoms with Crippen molar-refractivity contribution in [1.29, 1.82) is 0 Å². The SMILES string of the molecule is CNC(=O)OCCc1cccc(Nc2c3cc(C)c(OC)cc3nc3cc(OC)c(OC)cc23)c1. The number of hydrogen-bond donors (Lipinski definition) is 2. The lowest BCUT2D eigenvalue weighted by Crippen LogP contribution is -2.20. The highest BCUT2D eigenvalue weighted by molar-refractivity contribution is 6.10. The second-order valence-corrected chi connectivity index (χ2v) is 8.01. The van der Waals surface area contributed by atoms with Crippen molar-refractivity contribution in [2.24, 2.45) is 0 Å². The van der Waals surface area contributed by atoms with Gasteiger partial charge in [0.25, 0.3) is 0 Å². The maximum Gasteiger partial charge on any atom is 0.406 e. The lowest BCUT2D eigenvalue weighted by atomic mass is 10.0. The number of methoxy groups -OCH3 is 3. The second-order valence-electron chi connectivity index (χ2n) is 8.01. The summed E-state index contributed by atoms with van der Waals surface area (Å²) in [6.45, 7) is 2.30. The number of nitrogens with one attached hydrogen (secondary N) is 2. The fourth-order valence-corrected chi connectivity index (χ4v) is 4.04. The van der Waals surface area contributed by atoms with Crippen LogP contribution in [0.5, 0.6) is 17.2 Å². The summed E-state index contributed by atoms with van der Waals surface area (Å²) in [6, 6.07) is 15.8. The van der Waals surface area contributed by atoms with Crippen LogP contribution in [0, 0.1) is 6.92 Å². The molecule has 0 spiro atoms. The van der Waals surface area contributed by atoms with Gasteiger partial charge in [-0.1, -0.05) is 12.1 Å². The normalized spacial score (nSPS) is 10.8. The van der Waals surface area contributed by atoms with Crippen molar-refractivity contribution in [2.75, 3.05) is 40.3 Å². The van der Waals surface area contributed by atoms with E-state index in [2.05, 4.69) is 16.7 Å². The van der Waals surface area contributed by atoms with Crippen molar-refractivity contribution in [3.05, 3.63) is 59.7 Å². The van der Waals surface area contributed by atoms with E-state index in [-0.39, 0.29) is 0 Å². The number of ether oxygens (including phenoxy) is 4. The molecule has 8 heteroatoms. The maximum absolute atomic E-state index is 11.4. The van der Waals surface area contributed by atoms with Crippen molar-refractivity contribution >= 4 is 39.3 Å². The number of alkyl carbamates (subject to hydrolysis) is 1. The average molecular weight is 476 g/mol. The second kappa shape index (κ2) is 10.4. The third-order valence-corrected chi connectivity index (χ3v) is 5.82. The van der Waals surface area contributed by atoms with E-state index in [0.717, 1.165) is 50.1 Å². The van der Waals surface area contributed by atoms with Crippen molar-refractivity contribution in [3.8, 4) is 17.2 Å². The maximum atomic E-state index is 11.4. The summed E-state index contributed by atoms with van der Waals surface area (Å²) in [5.74, 6) is 2.00. The molecule has 0 aliphatic heterocycles. The summed E-state index contributed by atoms with van der Waals surface area (Å²) in [4.78, 5) is 16.2. The van der Waals surface area contributed by atoms with Gasteiger partial charge >= 0.3 is 6.09 Å². The molecule has 4 rings (SSSR count). The van der Waals surface area contributed by atoms with Gasteiger partial charge in [0.05, 0.1) is 44.7 Å². The summed E-state index contributed by atoms with van der Waals surface area (Å²) in [6.07, 6.45) is 0.159. The first-order valence-corrected chi connectivity index (χ1v) is 11.2. The molecule has 0 saturated carbocycles. The van der Waals surface area contributed by atoms with Crippen LogP contribution in [0.25, 0.3) is 21.8 Å². The van der Waals surface area contributed by atoms with Crippen LogP contribution in [-0.4, -0.2) is 46.1 Å². The molecule has 0 atom stereocenters. The van der Waals surface area contributed by atoms with Gasteiger partial charge in [-0.25, -0.2) is 9.78 Å². The molecule has 182 valence electrons. The number of fused-ring (bicyclic) bond motifs is 2. The van der Waals surface area contributed by atoms with E-state index < -0.39 is 6.09 Å². The zero-order valence-corrected chi connectivity index (χ0v) is 20.5. The van der Waals surface area contributed by atoms with E-state index >= 15 is 0 Å². The summed E-state index contributed by atoms with van der Waals surface area (Å²) >= 11 is 0. The molecule has 0 unspecified atom stereocenters. The molecule has 8 nitrogen and oxygen atoms in total. The van der Waals surface area contributed by atoms with Gasteiger partial charge in [-0.05, 0) is 42.3 Å². The number of carbonyl (C=O) groups excluding carboxylic acids is 1. The van der Waals surface area contributed by atoms with Gasteiger partial charge in [0.15, 0.2) is 11.5 Å². The first-order chi connectivity index (χ1) is 17.0. The third kappa shape index (κ3) is 5.01. The summed E-state index contributed by atoms with van der Waals surface area (Å²) in [5.41, 5.74) is 5.40. The number of benzene rings is 3. The van der Waals surface area contributed by atoms with E-state index in [4.69, 9.17) is 23.9 Å². The Morgan fingerprint density at radius 1 is 0.886 bits per heavy atom. The number of rotatable bonds is 8. The van der Waals surface area contributed by atoms with Crippen LogP contribution in [0.15, 0.2) is 48.5 Å². The molecule has 0 bridgehead atoms. The Kier molecular flexibility index (Phi) is 7.10. The molecule has 0 fully saturated rings. The first kappa shape index (κ1) is 23.9. The number of aryl methyl sites for hydroxylation is 1. The monoisotopic (exact) mass is 475 g/mol. The van der Waals surface area contributed by atoms with E-state index in [1.165, 1.54) is 7.05 Å². The minimum absolute atomic E-state index is 0.292. The van der Waals surface area contributed by atoms with Gasteiger partial charge < -0.3 is 29.6 Å². The molecule has 0 radical (unpaired) electrons. The van der Waals surface area contributed by atoms with Crippen molar-refractivity contribution in [2.45, 2.75) is 13.3 Å². The fourth-order valence-electron chi connectivity index (χ4n) is 4.04. The molecule has 0 aliphatic rings. The van der Waals surface area contributed by atoms with Crippen LogP contribution in [0.2, 0.25) is 0 Å². The Bertz CT molecular complexity index is 1390. The van der Waals surface area contributed by atoms with Crippen LogP contribution < -0.4 is 24.8 Å². The minimum Gasteiger partial charge on any atom is -0.496 e. The highest BCUT2D eigenvalue weighted by Crippen LogP contribution is 2.40. The highest BCUT2D eigenvalue weighted by atomic mass is 16.5. The largest absolute Gasteiger partial charge is 0.496 e. The van der Waals surface area contributed by atoms with Gasteiger partial charge in [0, 0.05) is 42.1 Å². The van der Waals surface area contributed by atoms with Crippen LogP contribution in [-0.2, 0) is 11.2 Å². The standard InChI is InChI=1S/C27H29N3O5/c1-16-11-19-21(14-23(16)32-3)30-22-15-25(34-5)24(33-4)13-20(22)26(19)29-18-8-6-7-17(12-18)9-10-35-27(31)28-2/h6-8,11-15H,9-10H2,1-5H3,(H,28,31)(H,29,30). The number of nitrogens with zero attached hydrogens (tertiary/aromatic N) is 1. The Morgan fingerprint density at radius 2 is 1.54 bits per heavy atom. The van der Waals surface area contributed by atoms with E-state index in [1.807, 2.05) is 49.4 Å². The molecule has 4 aromatic rings. The Labute approximate surface area is 204 Å². The molecule has 0 aliphatic carbocycles. The van der Waals surface area contributed by atoms with Gasteiger partial charge in [-0.2, -0.15) is 0 Å². The number of amides is 1. The molecule has 2 N–H and O–H groups in total. The van der Waals surface area contributed by atoms with Crippen LogP contribution >= 0.6 is 0 Å². The number of pyridine rings is 1. The molecule has 1 heterocycles. The smallest absolute Gasteiger partial charge is 0.406 e. The minimum atomic E-state index is -0.441. The number of aromatic nitrogens is 1. The van der Waals surface area contributed by atoms with E-state index in [0.29, 0.717) is 24.5 Å². The topological polar surface area (TPSA) is 90.9 Å². The third-order valence-electron chi connectivity index (χ3n) is 5.82. The molecule has 1 aromatic heterocycles. The Hall–Kier alpha value is -4.20. The van der Waals surface area contributed by atoms with Crippen LogP contribution in [0.3, 0.4) is 0 Å². The zero-order valence-electron chi connectivity index (χ0n) is 20.5. The first-order valence-electron chi connectivity index (χ1n) is 11.2. The number of hydrogen-bond acceptors (Lipinski definition) is 7. The summed E-state index contributed by atoms with van der Waals surface area (Å²) in [5, 5.41) is 7.90. The molecular formula is C27H29N3O5. The summed E-state index contributed by atoms with van der Waals surface area (Å²) < 4.78 is 21.7. The van der Waals surface area contributed by atoms with Crippen LogP contribution in [0.4, 0.5) is 16.2 Å². The molecule has 35 heavy (non-hydrogen) atoms. The van der Waals surface area contributed by atoms with Crippen molar-refractivity contribution in [1.82, 2.24) is 10.3 Å². The molecule has 0 saturated heterocycles. The fraction of sp³-hybridized carbons (Fsp3) is 0.259. The van der Waals surface area contributed by atoms with Gasteiger partial charge in [0.2, 0.25) is 0 Å². The van der Waals surface area contributed by atoms with E-state index in [1.54, 1.807) is 21.3 Å². The lowest BCUT2D eigenvalue weighted by Gasteiger charge is -2.17. The quantitative estimate of drug-likeness (QED) is 0.331. The number of carbonyl (C=O) groups is 1. The number of anilines is 2. The highest BCUT2D eigenvalue weighted by Gasteiger charge is 2.16. The van der Waals surface area contributed by atoms with Crippen molar-refractivity contribution in [3.63, 3.8) is 0 Å². The van der Waals surface area contributed by atoms with Crippen LogP contribution in [0.1, 0.15) is 11.1 Å². The Balaban J connectivity index is 1.82. The average Bonchev–Trinajstić information content (AvgIpc) is 2.87. The summed E-state index contributed by atoms with van der Waals surface area (Å²) in [7, 11) is 6.42. The predicted octanol–water partition coefficient (Wildman–Crippen LogP) is 5.36.